The summed E-state index contributed by atoms with van der Waals surface area (Å²) in [6, 6.07) is 1.86. The molecule has 0 amide bonds. The summed E-state index contributed by atoms with van der Waals surface area (Å²) in [7, 11) is 0. The molecule has 0 aliphatic rings. The molecule has 0 fully saturated rings. The summed E-state index contributed by atoms with van der Waals surface area (Å²) in [4.78, 5) is 7.95. The third-order valence-corrected chi connectivity index (χ3v) is 1.20. The Morgan fingerprint density at radius 2 is 1.83 bits per heavy atom. The number of rotatable bonds is 0. The lowest BCUT2D eigenvalue weighted by molar-refractivity contribution is 1.09. The second kappa shape index (κ2) is 6.06. The van der Waals surface area contributed by atoms with Crippen LogP contribution in [0.15, 0.2) is 31.0 Å². The number of fused-ring (bicyclic) bond motifs is 1. The van der Waals surface area contributed by atoms with Crippen LogP contribution in [0.3, 0.4) is 0 Å². The summed E-state index contributed by atoms with van der Waals surface area (Å²) in [5, 5.41) is 0. The molecular weight excluding hydrogens is 220 g/mol. The first-order chi connectivity index (χ1) is 4.47. The molecule has 68 valence electrons. The van der Waals surface area contributed by atoms with Crippen molar-refractivity contribution in [3.05, 3.63) is 31.0 Å². The maximum atomic E-state index is 4.04. The van der Waals surface area contributed by atoms with Crippen LogP contribution in [0.2, 0.25) is 0 Å². The molecule has 0 aliphatic heterocycles. The van der Waals surface area contributed by atoms with Crippen molar-refractivity contribution in [2.24, 2.45) is 0 Å². The Balaban J connectivity index is 0. The Hall–Kier alpha value is -0.510. The van der Waals surface area contributed by atoms with Crippen LogP contribution in [0.1, 0.15) is 0 Å². The van der Waals surface area contributed by atoms with Crippen molar-refractivity contribution in [2.45, 2.75) is 0 Å². The highest BCUT2D eigenvalue weighted by molar-refractivity contribution is 5.86. The number of imidazole rings is 1. The van der Waals surface area contributed by atoms with Crippen LogP contribution in [0.25, 0.3) is 5.65 Å². The minimum Gasteiger partial charge on any atom is -0.290 e. The summed E-state index contributed by atoms with van der Waals surface area (Å²) in [6.07, 6.45) is 7.06. The average molecular weight is 229 g/mol. The van der Waals surface area contributed by atoms with Gasteiger partial charge in [0.1, 0.15) is 12.0 Å². The molecular formula is C6H8Cl3N3. The molecule has 0 saturated carbocycles. The number of hydrogen-bond acceptors (Lipinski definition) is 2. The molecule has 0 spiro atoms. The Bertz CT molecular complexity index is 292. The van der Waals surface area contributed by atoms with Crippen LogP contribution in [-0.2, 0) is 0 Å². The quantitative estimate of drug-likeness (QED) is 0.690. The summed E-state index contributed by atoms with van der Waals surface area (Å²) < 4.78 is 1.86. The highest BCUT2D eigenvalue weighted by Crippen LogP contribution is 1.94. The van der Waals surface area contributed by atoms with Crippen molar-refractivity contribution >= 4 is 42.9 Å². The van der Waals surface area contributed by atoms with E-state index in [1.54, 1.807) is 18.7 Å². The third kappa shape index (κ3) is 2.52. The van der Waals surface area contributed by atoms with Gasteiger partial charge in [0.25, 0.3) is 0 Å². The summed E-state index contributed by atoms with van der Waals surface area (Å²) in [5.74, 6) is 0. The molecule has 12 heavy (non-hydrogen) atoms. The molecule has 0 aromatic carbocycles. The standard InChI is InChI=1S/C6H5N3.3ClH/c1-2-7-5-9-4-3-8-6(1)9;;;/h1-5H;3*1H. The van der Waals surface area contributed by atoms with Crippen LogP contribution in [0, 0.1) is 0 Å². The van der Waals surface area contributed by atoms with Gasteiger partial charge in [0.15, 0.2) is 0 Å². The largest absolute Gasteiger partial charge is 0.290 e. The van der Waals surface area contributed by atoms with Crippen molar-refractivity contribution in [2.75, 3.05) is 0 Å². The zero-order chi connectivity index (χ0) is 6.10. The molecule has 0 atom stereocenters. The number of aromatic nitrogens is 3. The van der Waals surface area contributed by atoms with Crippen molar-refractivity contribution in [1.29, 1.82) is 0 Å². The Morgan fingerprint density at radius 1 is 1.08 bits per heavy atom. The van der Waals surface area contributed by atoms with Crippen molar-refractivity contribution in [3.8, 4) is 0 Å². The molecule has 0 bridgehead atoms. The molecule has 0 unspecified atom stereocenters. The fourth-order valence-corrected chi connectivity index (χ4v) is 0.771. The average Bonchev–Trinajstić information content (AvgIpc) is 2.33. The van der Waals surface area contributed by atoms with Gasteiger partial charge in [-0.3, -0.25) is 4.40 Å². The van der Waals surface area contributed by atoms with Crippen molar-refractivity contribution in [1.82, 2.24) is 14.4 Å². The zero-order valence-corrected chi connectivity index (χ0v) is 8.40. The first-order valence-corrected chi connectivity index (χ1v) is 2.69. The minimum atomic E-state index is 0. The van der Waals surface area contributed by atoms with Gasteiger partial charge < -0.3 is 0 Å². The SMILES string of the molecule is Cl.Cl.Cl.c1cc2nccn2cn1. The van der Waals surface area contributed by atoms with Gasteiger partial charge in [-0.1, -0.05) is 0 Å². The Morgan fingerprint density at radius 3 is 2.50 bits per heavy atom. The van der Waals surface area contributed by atoms with Crippen LogP contribution in [-0.4, -0.2) is 14.4 Å². The van der Waals surface area contributed by atoms with E-state index in [2.05, 4.69) is 9.97 Å². The van der Waals surface area contributed by atoms with Gasteiger partial charge in [-0.15, -0.1) is 37.2 Å². The van der Waals surface area contributed by atoms with Crippen LogP contribution in [0.4, 0.5) is 0 Å². The molecule has 0 N–H and O–H groups in total. The number of hydrogen-bond donors (Lipinski definition) is 0. The van der Waals surface area contributed by atoms with Gasteiger partial charge in [0.2, 0.25) is 0 Å². The highest BCUT2D eigenvalue weighted by Gasteiger charge is 1.86. The van der Waals surface area contributed by atoms with E-state index in [4.69, 9.17) is 0 Å². The first kappa shape index (κ1) is 14.0. The van der Waals surface area contributed by atoms with Gasteiger partial charge in [0.05, 0.1) is 0 Å². The van der Waals surface area contributed by atoms with Gasteiger partial charge in [-0.05, 0) is 6.07 Å². The molecule has 2 aromatic rings. The van der Waals surface area contributed by atoms with E-state index in [1.807, 2.05) is 16.7 Å². The molecule has 0 saturated heterocycles. The predicted molar refractivity (Wildman–Crippen MR) is 54.7 cm³/mol. The van der Waals surface area contributed by atoms with Gasteiger partial charge >= 0.3 is 0 Å². The smallest absolute Gasteiger partial charge is 0.139 e. The monoisotopic (exact) mass is 227 g/mol. The molecule has 6 heteroatoms. The lowest BCUT2D eigenvalue weighted by Crippen LogP contribution is -1.81. The zero-order valence-electron chi connectivity index (χ0n) is 5.95. The minimum absolute atomic E-state index is 0. The Labute approximate surface area is 88.4 Å². The first-order valence-electron chi connectivity index (χ1n) is 2.69. The summed E-state index contributed by atoms with van der Waals surface area (Å²) >= 11 is 0. The topological polar surface area (TPSA) is 30.2 Å². The van der Waals surface area contributed by atoms with Crippen molar-refractivity contribution in [3.63, 3.8) is 0 Å². The lowest BCUT2D eigenvalue weighted by atomic mass is 10.6. The van der Waals surface area contributed by atoms with Crippen LogP contribution >= 0.6 is 37.2 Å². The van der Waals surface area contributed by atoms with E-state index < -0.39 is 0 Å². The van der Waals surface area contributed by atoms with Crippen LogP contribution < -0.4 is 0 Å². The second-order valence-electron chi connectivity index (χ2n) is 1.77. The van der Waals surface area contributed by atoms with Gasteiger partial charge in [-0.25, -0.2) is 9.97 Å². The molecule has 3 nitrogen and oxygen atoms in total. The van der Waals surface area contributed by atoms with Crippen LogP contribution in [0.5, 0.6) is 0 Å². The molecule has 2 heterocycles. The van der Waals surface area contributed by atoms with E-state index in [0.29, 0.717) is 0 Å². The van der Waals surface area contributed by atoms with E-state index in [-0.39, 0.29) is 37.2 Å². The van der Waals surface area contributed by atoms with E-state index in [9.17, 15) is 0 Å². The molecule has 2 aromatic heterocycles. The molecule has 0 aliphatic carbocycles. The summed E-state index contributed by atoms with van der Waals surface area (Å²) in [5.41, 5.74) is 0.935. The fourth-order valence-electron chi connectivity index (χ4n) is 0.771. The number of halogens is 3. The molecule has 0 radical (unpaired) electrons. The van der Waals surface area contributed by atoms with Gasteiger partial charge in [0, 0.05) is 18.6 Å². The predicted octanol–water partition coefficient (Wildman–Crippen LogP) is 1.99. The highest BCUT2D eigenvalue weighted by atomic mass is 35.5. The Kier molecular flexibility index (Phi) is 7.09. The van der Waals surface area contributed by atoms with E-state index in [1.165, 1.54) is 0 Å². The van der Waals surface area contributed by atoms with Gasteiger partial charge in [-0.2, -0.15) is 0 Å². The lowest BCUT2D eigenvalue weighted by Gasteiger charge is -1.85. The maximum Gasteiger partial charge on any atom is 0.139 e. The van der Waals surface area contributed by atoms with E-state index in [0.717, 1.165) is 5.65 Å². The second-order valence-corrected chi connectivity index (χ2v) is 1.77. The maximum absolute atomic E-state index is 4.04. The van der Waals surface area contributed by atoms with E-state index >= 15 is 0 Å². The van der Waals surface area contributed by atoms with Crippen molar-refractivity contribution < 1.29 is 0 Å². The molecule has 2 rings (SSSR count). The number of nitrogens with zero attached hydrogens (tertiary/aromatic N) is 3. The normalized spacial score (nSPS) is 7.67. The summed E-state index contributed by atoms with van der Waals surface area (Å²) in [6.45, 7) is 0. The third-order valence-electron chi connectivity index (χ3n) is 1.20. The fraction of sp³-hybridized carbons (Fsp3) is 0.